The molecule has 3 aliphatic rings. The van der Waals surface area contributed by atoms with Gasteiger partial charge in [0.2, 0.25) is 0 Å². The molecule has 124 valence electrons. The number of epoxide rings is 2. The van der Waals surface area contributed by atoms with Gasteiger partial charge in [0.1, 0.15) is 23.4 Å². The lowest BCUT2D eigenvalue weighted by Crippen LogP contribution is -2.58. The monoisotopic (exact) mass is 310 g/mol. The third-order valence-electron chi connectivity index (χ3n) is 5.39. The summed E-state index contributed by atoms with van der Waals surface area (Å²) in [5, 5.41) is 0. The van der Waals surface area contributed by atoms with E-state index in [4.69, 9.17) is 18.9 Å². The number of allylic oxidation sites excluding steroid dienone is 1. The average Bonchev–Trinajstić information content (AvgIpc) is 3.37. The summed E-state index contributed by atoms with van der Waals surface area (Å²) in [7, 11) is 3.15. The molecule has 0 N–H and O–H groups in total. The van der Waals surface area contributed by atoms with Crippen molar-refractivity contribution in [2.45, 2.75) is 63.1 Å². The van der Waals surface area contributed by atoms with Crippen LogP contribution in [-0.4, -0.2) is 56.1 Å². The van der Waals surface area contributed by atoms with Crippen molar-refractivity contribution in [2.24, 2.45) is 5.92 Å². The van der Waals surface area contributed by atoms with Gasteiger partial charge < -0.3 is 18.9 Å². The van der Waals surface area contributed by atoms with Crippen LogP contribution in [0.15, 0.2) is 11.6 Å². The maximum atomic E-state index is 12.6. The van der Waals surface area contributed by atoms with E-state index in [1.165, 1.54) is 5.57 Å². The molecule has 2 aliphatic heterocycles. The van der Waals surface area contributed by atoms with Gasteiger partial charge in [0.05, 0.1) is 18.6 Å². The Morgan fingerprint density at radius 3 is 2.55 bits per heavy atom. The smallest absolute Gasteiger partial charge is 0.190 e. The van der Waals surface area contributed by atoms with Gasteiger partial charge >= 0.3 is 0 Å². The standard InChI is InChI=1S/C17H26O5/c1-10(2)6-7-12-16(3,22-12)15-14(20-5)13(18)11(19-4)8-17(15)9-21-17/h6,11-12,14-15H,7-9H2,1-5H3/t11-,12+,14+,15+,16-,17-/m0/s1. The van der Waals surface area contributed by atoms with Gasteiger partial charge in [-0.05, 0) is 27.2 Å². The van der Waals surface area contributed by atoms with Crippen LogP contribution >= 0.6 is 0 Å². The first-order valence-electron chi connectivity index (χ1n) is 7.92. The highest BCUT2D eigenvalue weighted by Crippen LogP contribution is 2.58. The molecule has 0 aromatic heterocycles. The van der Waals surface area contributed by atoms with Crippen LogP contribution in [-0.2, 0) is 23.7 Å². The van der Waals surface area contributed by atoms with Crippen molar-refractivity contribution in [3.63, 3.8) is 0 Å². The number of carbonyl (C=O) groups excluding carboxylic acids is 1. The van der Waals surface area contributed by atoms with E-state index in [-0.39, 0.29) is 29.0 Å². The predicted molar refractivity (Wildman–Crippen MR) is 80.7 cm³/mol. The Labute approximate surface area is 131 Å². The normalized spacial score (nSPS) is 46.7. The van der Waals surface area contributed by atoms with Crippen LogP contribution in [0.25, 0.3) is 0 Å². The lowest BCUT2D eigenvalue weighted by atomic mass is 9.68. The summed E-state index contributed by atoms with van der Waals surface area (Å²) in [6.45, 7) is 6.89. The van der Waals surface area contributed by atoms with E-state index in [2.05, 4.69) is 26.8 Å². The molecule has 5 heteroatoms. The molecule has 0 aromatic rings. The van der Waals surface area contributed by atoms with Crippen molar-refractivity contribution in [2.75, 3.05) is 20.8 Å². The summed E-state index contributed by atoms with van der Waals surface area (Å²) in [5.74, 6) is -0.0618. The maximum absolute atomic E-state index is 12.6. The van der Waals surface area contributed by atoms with Crippen molar-refractivity contribution in [3.05, 3.63) is 11.6 Å². The summed E-state index contributed by atoms with van der Waals surface area (Å²) >= 11 is 0. The molecule has 1 saturated carbocycles. The molecule has 1 aliphatic carbocycles. The molecule has 1 spiro atoms. The fraction of sp³-hybridized carbons (Fsp3) is 0.824. The largest absolute Gasteiger partial charge is 0.373 e. The Morgan fingerprint density at radius 2 is 2.05 bits per heavy atom. The molecule has 22 heavy (non-hydrogen) atoms. The molecule has 0 unspecified atom stereocenters. The number of carbonyl (C=O) groups is 1. The lowest BCUT2D eigenvalue weighted by molar-refractivity contribution is -0.157. The second kappa shape index (κ2) is 5.41. The first-order valence-corrected chi connectivity index (χ1v) is 7.92. The van der Waals surface area contributed by atoms with Crippen molar-refractivity contribution >= 4 is 5.78 Å². The SMILES string of the molecule is CO[C@H]1C[C@]2(CO2)[C@@H]([C@@]2(C)O[C@@H]2CC=C(C)C)[C@H](OC)C1=O. The third-order valence-corrected chi connectivity index (χ3v) is 5.39. The first-order chi connectivity index (χ1) is 10.4. The second-order valence-electron chi connectivity index (χ2n) is 7.13. The second-order valence-corrected chi connectivity index (χ2v) is 7.13. The summed E-state index contributed by atoms with van der Waals surface area (Å²) in [4.78, 5) is 12.6. The number of rotatable bonds is 5. The fourth-order valence-electron chi connectivity index (χ4n) is 4.00. The van der Waals surface area contributed by atoms with E-state index in [0.29, 0.717) is 13.0 Å². The van der Waals surface area contributed by atoms with Gasteiger partial charge in [-0.3, -0.25) is 4.79 Å². The van der Waals surface area contributed by atoms with Gasteiger partial charge in [0.15, 0.2) is 5.78 Å². The number of hydrogen-bond acceptors (Lipinski definition) is 5. The first kappa shape index (κ1) is 16.1. The zero-order valence-corrected chi connectivity index (χ0v) is 14.0. The molecule has 0 radical (unpaired) electrons. The third kappa shape index (κ3) is 2.44. The van der Waals surface area contributed by atoms with E-state index >= 15 is 0 Å². The molecule has 3 fully saturated rings. The minimum absolute atomic E-state index is 0.00816. The van der Waals surface area contributed by atoms with Crippen LogP contribution in [0.2, 0.25) is 0 Å². The number of ether oxygens (including phenoxy) is 4. The molecule has 6 atom stereocenters. The molecule has 0 bridgehead atoms. The molecule has 2 heterocycles. The van der Waals surface area contributed by atoms with Gasteiger partial charge in [-0.25, -0.2) is 0 Å². The Morgan fingerprint density at radius 1 is 1.36 bits per heavy atom. The molecule has 3 rings (SSSR count). The van der Waals surface area contributed by atoms with Crippen molar-refractivity contribution in [3.8, 4) is 0 Å². The van der Waals surface area contributed by atoms with Crippen LogP contribution in [0.4, 0.5) is 0 Å². The highest BCUT2D eigenvalue weighted by atomic mass is 16.6. The Hall–Kier alpha value is -0.750. The van der Waals surface area contributed by atoms with Crippen molar-refractivity contribution in [1.82, 2.24) is 0 Å². The van der Waals surface area contributed by atoms with Gasteiger partial charge in [-0.2, -0.15) is 0 Å². The molecular formula is C17H26O5. The average molecular weight is 310 g/mol. The van der Waals surface area contributed by atoms with Gasteiger partial charge in [-0.15, -0.1) is 0 Å². The Kier molecular flexibility index (Phi) is 3.96. The van der Waals surface area contributed by atoms with E-state index in [0.717, 1.165) is 6.42 Å². The lowest BCUT2D eigenvalue weighted by Gasteiger charge is -2.40. The number of hydrogen-bond donors (Lipinski definition) is 0. The van der Waals surface area contributed by atoms with Gasteiger partial charge in [0.25, 0.3) is 0 Å². The van der Waals surface area contributed by atoms with Crippen LogP contribution in [0, 0.1) is 5.92 Å². The molecule has 0 aromatic carbocycles. The van der Waals surface area contributed by atoms with E-state index < -0.39 is 12.2 Å². The highest BCUT2D eigenvalue weighted by Gasteiger charge is 2.73. The Balaban J connectivity index is 1.83. The van der Waals surface area contributed by atoms with Crippen molar-refractivity contribution < 1.29 is 23.7 Å². The van der Waals surface area contributed by atoms with E-state index in [1.54, 1.807) is 14.2 Å². The van der Waals surface area contributed by atoms with Crippen LogP contribution in [0.1, 0.15) is 33.6 Å². The molecule has 5 nitrogen and oxygen atoms in total. The van der Waals surface area contributed by atoms with Crippen molar-refractivity contribution in [1.29, 1.82) is 0 Å². The molecular weight excluding hydrogens is 284 g/mol. The van der Waals surface area contributed by atoms with Crippen LogP contribution < -0.4 is 0 Å². The van der Waals surface area contributed by atoms with E-state index in [9.17, 15) is 4.79 Å². The zero-order chi connectivity index (χ0) is 16.1. The van der Waals surface area contributed by atoms with E-state index in [1.807, 2.05) is 0 Å². The highest BCUT2D eigenvalue weighted by molar-refractivity contribution is 5.89. The quantitative estimate of drug-likeness (QED) is 0.573. The zero-order valence-electron chi connectivity index (χ0n) is 14.0. The topological polar surface area (TPSA) is 60.6 Å². The predicted octanol–water partition coefficient (Wildman–Crippen LogP) is 1.89. The number of ketones is 1. The van der Waals surface area contributed by atoms with Gasteiger partial charge in [-0.1, -0.05) is 11.6 Å². The summed E-state index contributed by atoms with van der Waals surface area (Å²) in [6.07, 6.45) is 2.80. The van der Waals surface area contributed by atoms with Crippen LogP contribution in [0.3, 0.4) is 0 Å². The summed E-state index contributed by atoms with van der Waals surface area (Å²) in [5.41, 5.74) is 0.582. The minimum Gasteiger partial charge on any atom is -0.373 e. The maximum Gasteiger partial charge on any atom is 0.190 e. The van der Waals surface area contributed by atoms with Gasteiger partial charge in [0, 0.05) is 20.6 Å². The number of methoxy groups -OCH3 is 2. The number of Topliss-reactive ketones (excluding diaryl/α,β-unsaturated/α-hetero) is 1. The molecule has 0 amide bonds. The Bertz CT molecular complexity index is 491. The van der Waals surface area contributed by atoms with Crippen LogP contribution in [0.5, 0.6) is 0 Å². The summed E-state index contributed by atoms with van der Waals surface area (Å²) in [6, 6.07) is 0. The summed E-state index contributed by atoms with van der Waals surface area (Å²) < 4.78 is 22.7. The minimum atomic E-state index is -0.525. The molecule has 2 saturated heterocycles. The fourth-order valence-corrected chi connectivity index (χ4v) is 4.00.